The van der Waals surface area contributed by atoms with E-state index in [9.17, 15) is 9.59 Å². The number of ether oxygens (including phenoxy) is 1. The highest BCUT2D eigenvalue weighted by molar-refractivity contribution is 5.92. The molecule has 1 saturated heterocycles. The van der Waals surface area contributed by atoms with Crippen LogP contribution in [-0.4, -0.2) is 17.4 Å². The first-order valence-electron chi connectivity index (χ1n) is 11.7. The Morgan fingerprint density at radius 1 is 1.07 bits per heavy atom. The summed E-state index contributed by atoms with van der Waals surface area (Å²) in [6.45, 7) is 9.77. The molecule has 0 radical (unpaired) electrons. The zero-order valence-corrected chi connectivity index (χ0v) is 17.8. The summed E-state index contributed by atoms with van der Waals surface area (Å²) in [7, 11) is 0. The standard InChI is InChI=1S/C25H34O3/c1-13-14(2)25(10-7-20(27)28-25)24(4)9-6-18-21(22(13)24)17-12-16(17)19-11-15(26)5-8-23(18,19)3/h11,13-14,16-18,21-22H,5-10,12H2,1-4H3/t13-,14+,16-,17+,18?,21?,22?,23-,24+,25+/m1/s1. The van der Waals surface area contributed by atoms with Gasteiger partial charge in [-0.15, -0.1) is 0 Å². The van der Waals surface area contributed by atoms with Crippen LogP contribution in [0.4, 0.5) is 0 Å². The summed E-state index contributed by atoms with van der Waals surface area (Å²) in [5, 5.41) is 0. The molecule has 4 saturated carbocycles. The minimum Gasteiger partial charge on any atom is -0.458 e. The molecular weight excluding hydrogens is 348 g/mol. The Hall–Kier alpha value is -1.12. The molecule has 10 atom stereocenters. The Morgan fingerprint density at radius 2 is 1.86 bits per heavy atom. The molecule has 0 aromatic heterocycles. The van der Waals surface area contributed by atoms with Gasteiger partial charge in [0.25, 0.3) is 0 Å². The fraction of sp³-hybridized carbons (Fsp3) is 0.840. The van der Waals surface area contributed by atoms with Gasteiger partial charge in [-0.3, -0.25) is 9.59 Å². The lowest BCUT2D eigenvalue weighted by molar-refractivity contribution is -0.174. The van der Waals surface area contributed by atoms with Gasteiger partial charge in [-0.2, -0.15) is 0 Å². The topological polar surface area (TPSA) is 43.4 Å². The molecule has 1 spiro atoms. The predicted octanol–water partition coefficient (Wildman–Crippen LogP) is 4.94. The summed E-state index contributed by atoms with van der Waals surface area (Å²) in [6, 6.07) is 0. The summed E-state index contributed by atoms with van der Waals surface area (Å²) in [5.41, 5.74) is 1.62. The average Bonchev–Trinajstić information content (AvgIpc) is 3.32. The summed E-state index contributed by atoms with van der Waals surface area (Å²) in [6.07, 6.45) is 9.07. The molecule has 5 aliphatic carbocycles. The van der Waals surface area contributed by atoms with Gasteiger partial charge >= 0.3 is 5.97 Å². The number of carbonyl (C=O) groups is 2. The van der Waals surface area contributed by atoms with Crippen LogP contribution in [-0.2, 0) is 14.3 Å². The number of fused-ring (bicyclic) bond motifs is 9. The lowest BCUT2D eigenvalue weighted by Gasteiger charge is -2.59. The second kappa shape index (κ2) is 5.13. The van der Waals surface area contributed by atoms with Gasteiger partial charge in [0.15, 0.2) is 5.78 Å². The summed E-state index contributed by atoms with van der Waals surface area (Å²) in [4.78, 5) is 24.4. The summed E-state index contributed by atoms with van der Waals surface area (Å²) >= 11 is 0. The molecule has 152 valence electrons. The Labute approximate surface area is 168 Å². The Balaban J connectivity index is 1.45. The average molecular weight is 383 g/mol. The molecule has 0 bridgehead atoms. The number of rotatable bonds is 0. The molecule has 0 aromatic carbocycles. The lowest BCUT2D eigenvalue weighted by Crippen LogP contribution is -2.56. The van der Waals surface area contributed by atoms with Crippen molar-refractivity contribution in [2.24, 2.45) is 52.3 Å². The molecular formula is C25H34O3. The van der Waals surface area contributed by atoms with E-state index >= 15 is 0 Å². The van der Waals surface area contributed by atoms with Crippen molar-refractivity contribution in [2.75, 3.05) is 0 Å². The first-order chi connectivity index (χ1) is 13.2. The van der Waals surface area contributed by atoms with Gasteiger partial charge < -0.3 is 4.74 Å². The number of esters is 1. The molecule has 6 aliphatic rings. The second-order valence-electron chi connectivity index (χ2n) is 11.7. The maximum absolute atomic E-state index is 12.2. The van der Waals surface area contributed by atoms with Crippen molar-refractivity contribution in [3.63, 3.8) is 0 Å². The van der Waals surface area contributed by atoms with Crippen molar-refractivity contribution >= 4 is 11.8 Å². The molecule has 6 rings (SSSR count). The largest absolute Gasteiger partial charge is 0.458 e. The molecule has 1 heterocycles. The number of hydrogen-bond donors (Lipinski definition) is 0. The second-order valence-corrected chi connectivity index (χ2v) is 11.7. The highest BCUT2D eigenvalue weighted by Gasteiger charge is 2.75. The van der Waals surface area contributed by atoms with Crippen LogP contribution in [0.15, 0.2) is 11.6 Å². The quantitative estimate of drug-likeness (QED) is 0.557. The SMILES string of the molecule is C[C@H]1C2C3C(CC[C@]2(C)[C@]2(CCC(=O)O2)[C@H]1C)[C@@]1(C)CCC(=O)C=C1[C@@H]1C[C@H]31. The van der Waals surface area contributed by atoms with E-state index < -0.39 is 0 Å². The van der Waals surface area contributed by atoms with Crippen molar-refractivity contribution < 1.29 is 14.3 Å². The van der Waals surface area contributed by atoms with Crippen molar-refractivity contribution in [3.05, 3.63) is 11.6 Å². The van der Waals surface area contributed by atoms with E-state index in [1.807, 2.05) is 0 Å². The first-order valence-corrected chi connectivity index (χ1v) is 11.7. The number of ketones is 1. The highest BCUT2D eigenvalue weighted by Crippen LogP contribution is 2.77. The number of carbonyl (C=O) groups excluding carboxylic acids is 2. The third kappa shape index (κ3) is 1.80. The van der Waals surface area contributed by atoms with E-state index in [4.69, 9.17) is 4.74 Å². The van der Waals surface area contributed by atoms with Crippen LogP contribution in [0.5, 0.6) is 0 Å². The Morgan fingerprint density at radius 3 is 2.57 bits per heavy atom. The van der Waals surface area contributed by atoms with Crippen molar-refractivity contribution in [3.8, 4) is 0 Å². The van der Waals surface area contributed by atoms with Crippen molar-refractivity contribution in [1.82, 2.24) is 0 Å². The molecule has 5 fully saturated rings. The van der Waals surface area contributed by atoms with Crippen LogP contribution in [0.25, 0.3) is 0 Å². The Bertz CT molecular complexity index is 813. The molecule has 0 aromatic rings. The van der Waals surface area contributed by atoms with Crippen LogP contribution < -0.4 is 0 Å². The zero-order chi connectivity index (χ0) is 19.6. The van der Waals surface area contributed by atoms with E-state index in [-0.39, 0.29) is 22.4 Å². The molecule has 3 heteroatoms. The van der Waals surface area contributed by atoms with Gasteiger partial charge in [-0.25, -0.2) is 0 Å². The maximum atomic E-state index is 12.2. The van der Waals surface area contributed by atoms with Crippen LogP contribution in [0.2, 0.25) is 0 Å². The van der Waals surface area contributed by atoms with E-state index in [1.165, 1.54) is 24.8 Å². The molecule has 0 amide bonds. The molecule has 3 unspecified atom stereocenters. The fourth-order valence-electron chi connectivity index (χ4n) is 9.66. The van der Waals surface area contributed by atoms with E-state index in [2.05, 4.69) is 33.8 Å². The molecule has 1 aliphatic heterocycles. The normalized spacial score (nSPS) is 59.1. The summed E-state index contributed by atoms with van der Waals surface area (Å²) < 4.78 is 6.24. The molecule has 28 heavy (non-hydrogen) atoms. The van der Waals surface area contributed by atoms with Gasteiger partial charge in [0.05, 0.1) is 0 Å². The van der Waals surface area contributed by atoms with Crippen LogP contribution in [0.3, 0.4) is 0 Å². The first kappa shape index (κ1) is 17.7. The number of hydrogen-bond acceptors (Lipinski definition) is 3. The fourth-order valence-corrected chi connectivity index (χ4v) is 9.66. The zero-order valence-electron chi connectivity index (χ0n) is 17.8. The smallest absolute Gasteiger partial charge is 0.306 e. The monoisotopic (exact) mass is 382 g/mol. The van der Waals surface area contributed by atoms with Crippen LogP contribution in [0.1, 0.15) is 72.6 Å². The van der Waals surface area contributed by atoms with Gasteiger partial charge in [-0.1, -0.05) is 33.3 Å². The van der Waals surface area contributed by atoms with Crippen molar-refractivity contribution in [1.29, 1.82) is 0 Å². The molecule has 3 nitrogen and oxygen atoms in total. The third-order valence-electron chi connectivity index (χ3n) is 11.1. The lowest BCUT2D eigenvalue weighted by atomic mass is 9.45. The predicted molar refractivity (Wildman–Crippen MR) is 106 cm³/mol. The van der Waals surface area contributed by atoms with E-state index in [0.29, 0.717) is 41.8 Å². The maximum Gasteiger partial charge on any atom is 0.306 e. The van der Waals surface area contributed by atoms with Gasteiger partial charge in [0, 0.05) is 18.3 Å². The minimum absolute atomic E-state index is 0.0268. The molecule has 0 N–H and O–H groups in total. The third-order valence-corrected chi connectivity index (χ3v) is 11.1. The minimum atomic E-state index is -0.233. The van der Waals surface area contributed by atoms with E-state index in [1.54, 1.807) is 0 Å². The van der Waals surface area contributed by atoms with Gasteiger partial charge in [0.1, 0.15) is 5.60 Å². The van der Waals surface area contributed by atoms with Gasteiger partial charge in [0.2, 0.25) is 0 Å². The summed E-state index contributed by atoms with van der Waals surface area (Å²) in [5.74, 6) is 4.96. The van der Waals surface area contributed by atoms with Crippen molar-refractivity contribution in [2.45, 2.75) is 78.2 Å². The number of allylic oxidation sites excluding steroid dienone is 1. The van der Waals surface area contributed by atoms with Crippen LogP contribution >= 0.6 is 0 Å². The van der Waals surface area contributed by atoms with Gasteiger partial charge in [-0.05, 0) is 85.0 Å². The highest BCUT2D eigenvalue weighted by atomic mass is 16.6. The van der Waals surface area contributed by atoms with E-state index in [0.717, 1.165) is 31.1 Å². The Kier molecular flexibility index (Phi) is 3.25. The van der Waals surface area contributed by atoms with Crippen LogP contribution in [0, 0.1) is 52.3 Å².